The van der Waals surface area contributed by atoms with Crippen LogP contribution in [0.5, 0.6) is 0 Å². The van der Waals surface area contributed by atoms with E-state index < -0.39 is 29.1 Å². The normalized spacial score (nSPS) is 32.9. The molecular formula is C7H11NO3. The Balaban J connectivity index is 2.76. The van der Waals surface area contributed by atoms with Gasteiger partial charge in [-0.2, -0.15) is 0 Å². The molecule has 0 unspecified atom stereocenters. The van der Waals surface area contributed by atoms with Crippen molar-refractivity contribution in [2.45, 2.75) is 13.8 Å². The van der Waals surface area contributed by atoms with Gasteiger partial charge in [-0.15, -0.1) is 0 Å². The number of rotatable bonds is 2. The smallest absolute Gasteiger partial charge is 0.307 e. The van der Waals surface area contributed by atoms with Crippen molar-refractivity contribution in [3.63, 3.8) is 0 Å². The summed E-state index contributed by atoms with van der Waals surface area (Å²) in [6, 6.07) is 0. The van der Waals surface area contributed by atoms with Gasteiger partial charge < -0.3 is 10.8 Å². The molecule has 1 aliphatic rings. The van der Waals surface area contributed by atoms with Crippen molar-refractivity contribution in [3.8, 4) is 0 Å². The molecule has 0 spiro atoms. The lowest BCUT2D eigenvalue weighted by atomic mass is 10.1. The molecule has 11 heavy (non-hydrogen) atoms. The van der Waals surface area contributed by atoms with Gasteiger partial charge in [-0.25, -0.2) is 0 Å². The molecule has 0 heterocycles. The largest absolute Gasteiger partial charge is 0.481 e. The Kier molecular flexibility index (Phi) is 1.44. The molecule has 0 aromatic rings. The van der Waals surface area contributed by atoms with Gasteiger partial charge in [0.2, 0.25) is 5.91 Å². The summed E-state index contributed by atoms with van der Waals surface area (Å²) in [5.41, 5.74) is 4.55. The zero-order valence-corrected chi connectivity index (χ0v) is 6.50. The lowest BCUT2D eigenvalue weighted by molar-refractivity contribution is -0.140. The third kappa shape index (κ3) is 0.982. The summed E-state index contributed by atoms with van der Waals surface area (Å²) < 4.78 is 0. The number of hydrogen-bond donors (Lipinski definition) is 2. The molecule has 4 heteroatoms. The van der Waals surface area contributed by atoms with E-state index in [-0.39, 0.29) is 0 Å². The number of hydrogen-bond acceptors (Lipinski definition) is 2. The lowest BCUT2D eigenvalue weighted by Crippen LogP contribution is -2.17. The van der Waals surface area contributed by atoms with E-state index in [1.54, 1.807) is 13.8 Å². The highest BCUT2D eigenvalue weighted by atomic mass is 16.4. The number of carbonyl (C=O) groups excluding carboxylic acids is 1. The highest BCUT2D eigenvalue weighted by Gasteiger charge is 2.65. The number of primary amides is 1. The van der Waals surface area contributed by atoms with Crippen molar-refractivity contribution in [2.75, 3.05) is 0 Å². The molecule has 1 rings (SSSR count). The van der Waals surface area contributed by atoms with Crippen LogP contribution in [0, 0.1) is 17.3 Å². The van der Waals surface area contributed by atoms with Crippen LogP contribution in [0.2, 0.25) is 0 Å². The second-order valence-corrected chi connectivity index (χ2v) is 3.52. The predicted octanol–water partition coefficient (Wildman–Crippen LogP) is -0.171. The van der Waals surface area contributed by atoms with Gasteiger partial charge in [-0.3, -0.25) is 9.59 Å². The van der Waals surface area contributed by atoms with E-state index in [1.165, 1.54) is 0 Å². The van der Waals surface area contributed by atoms with Crippen molar-refractivity contribution in [1.82, 2.24) is 0 Å². The number of carbonyl (C=O) groups is 2. The van der Waals surface area contributed by atoms with E-state index in [2.05, 4.69) is 0 Å². The standard InChI is InChI=1S/C7H11NO3/c1-7(2)3(5(8)9)4(7)6(10)11/h3-4H,1-2H3,(H2,8,9)(H,10,11)/t3-,4+/m1/s1. The molecule has 0 saturated heterocycles. The molecule has 3 N–H and O–H groups in total. The van der Waals surface area contributed by atoms with Crippen LogP contribution >= 0.6 is 0 Å². The molecule has 0 aromatic heterocycles. The number of aliphatic carboxylic acids is 1. The molecule has 62 valence electrons. The monoisotopic (exact) mass is 157 g/mol. The highest BCUT2D eigenvalue weighted by Crippen LogP contribution is 2.57. The first-order chi connectivity index (χ1) is 4.89. The first kappa shape index (κ1) is 8.04. The fourth-order valence-electron chi connectivity index (χ4n) is 1.63. The van der Waals surface area contributed by atoms with Crippen LogP contribution in [-0.4, -0.2) is 17.0 Å². The van der Waals surface area contributed by atoms with Crippen molar-refractivity contribution >= 4 is 11.9 Å². The second-order valence-electron chi connectivity index (χ2n) is 3.52. The Bertz CT molecular complexity index is 200. The predicted molar refractivity (Wildman–Crippen MR) is 37.6 cm³/mol. The minimum absolute atomic E-state index is 0.447. The summed E-state index contributed by atoms with van der Waals surface area (Å²) in [4.78, 5) is 21.1. The molecule has 2 atom stereocenters. The van der Waals surface area contributed by atoms with Gasteiger partial charge in [0.05, 0.1) is 11.8 Å². The summed E-state index contributed by atoms with van der Waals surface area (Å²) in [5.74, 6) is -2.51. The third-order valence-corrected chi connectivity index (χ3v) is 2.40. The van der Waals surface area contributed by atoms with E-state index >= 15 is 0 Å². The van der Waals surface area contributed by atoms with Crippen LogP contribution in [0.3, 0.4) is 0 Å². The average Bonchev–Trinajstić information content (AvgIpc) is 2.33. The van der Waals surface area contributed by atoms with Gasteiger partial charge in [0.1, 0.15) is 0 Å². The zero-order valence-electron chi connectivity index (χ0n) is 6.50. The minimum atomic E-state index is -0.932. The molecular weight excluding hydrogens is 146 g/mol. The van der Waals surface area contributed by atoms with Crippen LogP contribution in [0.4, 0.5) is 0 Å². The third-order valence-electron chi connectivity index (χ3n) is 2.40. The number of carboxylic acid groups (broad SMARTS) is 1. The summed E-state index contributed by atoms with van der Waals surface area (Å²) >= 11 is 0. The summed E-state index contributed by atoms with van der Waals surface area (Å²) in [7, 11) is 0. The van der Waals surface area contributed by atoms with Gasteiger partial charge in [0.25, 0.3) is 0 Å². The molecule has 1 aliphatic carbocycles. The number of amides is 1. The summed E-state index contributed by atoms with van der Waals surface area (Å²) in [6.07, 6.45) is 0. The van der Waals surface area contributed by atoms with Gasteiger partial charge in [0.15, 0.2) is 0 Å². The van der Waals surface area contributed by atoms with E-state index in [0.717, 1.165) is 0 Å². The van der Waals surface area contributed by atoms with Crippen LogP contribution in [0.15, 0.2) is 0 Å². The van der Waals surface area contributed by atoms with Gasteiger partial charge in [-0.1, -0.05) is 13.8 Å². The molecule has 0 aromatic carbocycles. The van der Waals surface area contributed by atoms with Crippen LogP contribution in [-0.2, 0) is 9.59 Å². The summed E-state index contributed by atoms with van der Waals surface area (Å²) in [5, 5.41) is 8.60. The van der Waals surface area contributed by atoms with E-state index in [1.807, 2.05) is 0 Å². The van der Waals surface area contributed by atoms with Gasteiger partial charge in [0, 0.05) is 0 Å². The van der Waals surface area contributed by atoms with E-state index in [4.69, 9.17) is 10.8 Å². The van der Waals surface area contributed by atoms with Crippen LogP contribution < -0.4 is 5.73 Å². The molecule has 0 bridgehead atoms. The molecule has 1 saturated carbocycles. The Labute approximate surface area is 64.4 Å². The van der Waals surface area contributed by atoms with Crippen LogP contribution in [0.25, 0.3) is 0 Å². The lowest BCUT2D eigenvalue weighted by Gasteiger charge is -1.96. The first-order valence-electron chi connectivity index (χ1n) is 3.41. The topological polar surface area (TPSA) is 80.4 Å². The minimum Gasteiger partial charge on any atom is -0.481 e. The van der Waals surface area contributed by atoms with Crippen LogP contribution in [0.1, 0.15) is 13.8 Å². The fourth-order valence-corrected chi connectivity index (χ4v) is 1.63. The van der Waals surface area contributed by atoms with Gasteiger partial charge >= 0.3 is 5.97 Å². The zero-order chi connectivity index (χ0) is 8.81. The van der Waals surface area contributed by atoms with Crippen molar-refractivity contribution in [2.24, 2.45) is 23.0 Å². The Morgan fingerprint density at radius 3 is 1.91 bits per heavy atom. The Hall–Kier alpha value is -1.06. The summed E-state index contributed by atoms with van der Waals surface area (Å²) in [6.45, 7) is 3.47. The first-order valence-corrected chi connectivity index (χ1v) is 3.41. The number of nitrogens with two attached hydrogens (primary N) is 1. The maximum absolute atomic E-state index is 10.7. The second kappa shape index (κ2) is 1.96. The molecule has 0 radical (unpaired) electrons. The Morgan fingerprint density at radius 1 is 1.36 bits per heavy atom. The highest BCUT2D eigenvalue weighted by molar-refractivity contribution is 5.90. The average molecular weight is 157 g/mol. The Morgan fingerprint density at radius 2 is 1.82 bits per heavy atom. The quantitative estimate of drug-likeness (QED) is 0.583. The van der Waals surface area contributed by atoms with Crippen molar-refractivity contribution < 1.29 is 14.7 Å². The molecule has 4 nitrogen and oxygen atoms in total. The van der Waals surface area contributed by atoms with Crippen molar-refractivity contribution in [3.05, 3.63) is 0 Å². The van der Waals surface area contributed by atoms with Crippen molar-refractivity contribution in [1.29, 1.82) is 0 Å². The maximum atomic E-state index is 10.7. The van der Waals surface area contributed by atoms with E-state index in [0.29, 0.717) is 0 Å². The van der Waals surface area contributed by atoms with E-state index in [9.17, 15) is 9.59 Å². The SMILES string of the molecule is CC1(C)[C@H](C(=O)O)[C@@H]1C(N)=O. The number of carboxylic acids is 1. The molecule has 1 fully saturated rings. The fraction of sp³-hybridized carbons (Fsp3) is 0.714. The molecule has 1 amide bonds. The molecule has 0 aliphatic heterocycles. The maximum Gasteiger partial charge on any atom is 0.307 e. The van der Waals surface area contributed by atoms with Gasteiger partial charge in [-0.05, 0) is 5.41 Å².